The van der Waals surface area contributed by atoms with Gasteiger partial charge in [-0.3, -0.25) is 14.5 Å². The highest BCUT2D eigenvalue weighted by Crippen LogP contribution is 2.35. The summed E-state index contributed by atoms with van der Waals surface area (Å²) in [5.41, 5.74) is 5.08. The van der Waals surface area contributed by atoms with E-state index in [0.29, 0.717) is 4.91 Å². The lowest BCUT2D eigenvalue weighted by atomic mass is 10.1. The van der Waals surface area contributed by atoms with Crippen molar-refractivity contribution in [2.45, 2.75) is 20.4 Å². The summed E-state index contributed by atoms with van der Waals surface area (Å²) in [5, 5.41) is 2.01. The third-order valence-corrected chi connectivity index (χ3v) is 6.71. The van der Waals surface area contributed by atoms with Crippen LogP contribution in [0.3, 0.4) is 0 Å². The Hall–Kier alpha value is -3.57. The van der Waals surface area contributed by atoms with Gasteiger partial charge < -0.3 is 4.57 Å². The van der Waals surface area contributed by atoms with Crippen LogP contribution in [0.5, 0.6) is 0 Å². The van der Waals surface area contributed by atoms with Crippen LogP contribution in [0.25, 0.3) is 22.5 Å². The summed E-state index contributed by atoms with van der Waals surface area (Å²) >= 11 is 1.01. The average molecular weight is 439 g/mol. The van der Waals surface area contributed by atoms with E-state index in [-0.39, 0.29) is 17.7 Å². The Morgan fingerprint density at radius 1 is 0.844 bits per heavy atom. The fraction of sp³-hybridized carbons (Fsp3) is 0.111. The number of thioether (sulfide) groups is 1. The first kappa shape index (κ1) is 20.3. The molecular formula is C27H22N2O2S. The summed E-state index contributed by atoms with van der Waals surface area (Å²) in [6, 6.07) is 26.3. The van der Waals surface area contributed by atoms with Crippen LogP contribution in [0.1, 0.15) is 22.5 Å². The molecule has 0 spiro atoms. The second kappa shape index (κ2) is 8.17. The monoisotopic (exact) mass is 438 g/mol. The Kier molecular flexibility index (Phi) is 5.19. The molecule has 3 aromatic carbocycles. The van der Waals surface area contributed by atoms with Gasteiger partial charge in [0, 0.05) is 17.1 Å². The molecule has 1 aliphatic heterocycles. The van der Waals surface area contributed by atoms with Gasteiger partial charge in [0.2, 0.25) is 0 Å². The second-order valence-corrected chi connectivity index (χ2v) is 8.94. The standard InChI is InChI=1S/C27H22N2O2S/c1-18-14-23(19(2)29(18)24-10-4-3-5-11-24)16-25-26(30)28(27(31)32-25)17-20-12-13-21-8-6-7-9-22(21)15-20/h3-16H,17H2,1-2H3/b25-16-. The van der Waals surface area contributed by atoms with E-state index in [9.17, 15) is 9.59 Å². The fourth-order valence-corrected chi connectivity index (χ4v) is 5.03. The van der Waals surface area contributed by atoms with Crippen LogP contribution in [0, 0.1) is 13.8 Å². The van der Waals surface area contributed by atoms with E-state index in [0.717, 1.165) is 50.7 Å². The normalized spacial score (nSPS) is 15.3. The van der Waals surface area contributed by atoms with Crippen molar-refractivity contribution in [1.29, 1.82) is 0 Å². The summed E-state index contributed by atoms with van der Waals surface area (Å²) in [6.07, 6.45) is 1.84. The number of aryl methyl sites for hydroxylation is 1. The minimum atomic E-state index is -0.238. The molecule has 158 valence electrons. The molecule has 32 heavy (non-hydrogen) atoms. The van der Waals surface area contributed by atoms with Gasteiger partial charge in [-0.05, 0) is 77.9 Å². The molecule has 0 N–H and O–H groups in total. The Labute approximate surface area is 191 Å². The molecule has 1 aromatic heterocycles. The molecule has 0 aliphatic carbocycles. The van der Waals surface area contributed by atoms with Crippen molar-refractivity contribution in [3.63, 3.8) is 0 Å². The van der Waals surface area contributed by atoms with Gasteiger partial charge in [0.25, 0.3) is 11.1 Å². The van der Waals surface area contributed by atoms with Crippen molar-refractivity contribution < 1.29 is 9.59 Å². The molecule has 4 aromatic rings. The van der Waals surface area contributed by atoms with E-state index in [4.69, 9.17) is 0 Å². The van der Waals surface area contributed by atoms with Crippen LogP contribution >= 0.6 is 11.8 Å². The zero-order chi connectivity index (χ0) is 22.2. The Bertz CT molecular complexity index is 1390. The summed E-state index contributed by atoms with van der Waals surface area (Å²) in [7, 11) is 0. The van der Waals surface area contributed by atoms with Crippen molar-refractivity contribution in [2.24, 2.45) is 0 Å². The third-order valence-electron chi connectivity index (χ3n) is 5.80. The average Bonchev–Trinajstić information content (AvgIpc) is 3.23. The minimum absolute atomic E-state index is 0.230. The third kappa shape index (κ3) is 3.65. The number of rotatable bonds is 4. The Balaban J connectivity index is 1.42. The first-order valence-electron chi connectivity index (χ1n) is 10.5. The smallest absolute Gasteiger partial charge is 0.293 e. The lowest BCUT2D eigenvalue weighted by Crippen LogP contribution is -2.27. The Morgan fingerprint density at radius 3 is 2.34 bits per heavy atom. The highest BCUT2D eigenvalue weighted by atomic mass is 32.2. The quantitative estimate of drug-likeness (QED) is 0.342. The molecular weight excluding hydrogens is 416 g/mol. The van der Waals surface area contributed by atoms with Crippen LogP contribution in [-0.4, -0.2) is 20.6 Å². The molecule has 2 amide bonds. The van der Waals surface area contributed by atoms with E-state index in [1.165, 1.54) is 4.90 Å². The van der Waals surface area contributed by atoms with E-state index in [2.05, 4.69) is 22.8 Å². The maximum absolute atomic E-state index is 13.1. The van der Waals surface area contributed by atoms with Crippen LogP contribution < -0.4 is 0 Å². The van der Waals surface area contributed by atoms with Crippen molar-refractivity contribution >= 4 is 39.8 Å². The predicted molar refractivity (Wildman–Crippen MR) is 131 cm³/mol. The van der Waals surface area contributed by atoms with Gasteiger partial charge in [-0.2, -0.15) is 0 Å². The van der Waals surface area contributed by atoms with Gasteiger partial charge in [-0.15, -0.1) is 0 Å². The van der Waals surface area contributed by atoms with Crippen molar-refractivity contribution in [3.8, 4) is 5.69 Å². The predicted octanol–water partition coefficient (Wildman–Crippen LogP) is 6.48. The maximum Gasteiger partial charge on any atom is 0.293 e. The molecule has 1 fully saturated rings. The molecule has 1 aliphatic rings. The molecule has 0 saturated carbocycles. The van der Waals surface area contributed by atoms with Crippen molar-refractivity contribution in [2.75, 3.05) is 0 Å². The van der Waals surface area contributed by atoms with Gasteiger partial charge in [0.05, 0.1) is 11.4 Å². The number of aromatic nitrogens is 1. The molecule has 0 radical (unpaired) electrons. The lowest BCUT2D eigenvalue weighted by molar-refractivity contribution is -0.123. The molecule has 5 rings (SSSR count). The number of nitrogens with zero attached hydrogens (tertiary/aromatic N) is 2. The fourth-order valence-electron chi connectivity index (χ4n) is 4.21. The molecule has 5 heteroatoms. The largest absolute Gasteiger partial charge is 0.318 e. The minimum Gasteiger partial charge on any atom is -0.318 e. The number of hydrogen-bond donors (Lipinski definition) is 0. The highest BCUT2D eigenvalue weighted by molar-refractivity contribution is 8.18. The van der Waals surface area contributed by atoms with Crippen molar-refractivity contribution in [1.82, 2.24) is 9.47 Å². The first-order valence-corrected chi connectivity index (χ1v) is 11.3. The zero-order valence-electron chi connectivity index (χ0n) is 17.9. The number of benzene rings is 3. The second-order valence-electron chi connectivity index (χ2n) is 7.95. The molecule has 1 saturated heterocycles. The van der Waals surface area contributed by atoms with Crippen molar-refractivity contribution in [3.05, 3.63) is 106 Å². The molecule has 0 bridgehead atoms. The lowest BCUT2D eigenvalue weighted by Gasteiger charge is -2.13. The zero-order valence-corrected chi connectivity index (χ0v) is 18.7. The summed E-state index contributed by atoms with van der Waals surface area (Å²) in [5.74, 6) is -0.238. The maximum atomic E-state index is 13.1. The van der Waals surface area contributed by atoms with Gasteiger partial charge in [-0.1, -0.05) is 54.6 Å². The van der Waals surface area contributed by atoms with Gasteiger partial charge in [-0.25, -0.2) is 0 Å². The number of carbonyl (C=O) groups is 2. The van der Waals surface area contributed by atoms with E-state index >= 15 is 0 Å². The molecule has 4 nitrogen and oxygen atoms in total. The first-order chi connectivity index (χ1) is 15.5. The van der Waals surface area contributed by atoms with Crippen LogP contribution in [0.15, 0.2) is 83.8 Å². The van der Waals surface area contributed by atoms with Gasteiger partial charge in [0.1, 0.15) is 0 Å². The van der Waals surface area contributed by atoms with Crippen LogP contribution in [-0.2, 0) is 11.3 Å². The number of imide groups is 1. The van der Waals surface area contributed by atoms with Gasteiger partial charge in [0.15, 0.2) is 0 Å². The SMILES string of the molecule is Cc1cc(/C=C2\SC(=O)N(Cc3ccc4ccccc4c3)C2=O)c(C)n1-c1ccccc1. The van der Waals surface area contributed by atoms with Crippen LogP contribution in [0.4, 0.5) is 4.79 Å². The number of fused-ring (bicyclic) bond motifs is 1. The Morgan fingerprint density at radius 2 is 1.56 bits per heavy atom. The summed E-state index contributed by atoms with van der Waals surface area (Å²) < 4.78 is 2.16. The molecule has 0 atom stereocenters. The van der Waals surface area contributed by atoms with E-state index in [1.54, 1.807) is 0 Å². The van der Waals surface area contributed by atoms with Crippen LogP contribution in [0.2, 0.25) is 0 Å². The topological polar surface area (TPSA) is 42.3 Å². The summed E-state index contributed by atoms with van der Waals surface area (Å²) in [4.78, 5) is 27.5. The van der Waals surface area contributed by atoms with E-state index < -0.39 is 0 Å². The number of para-hydroxylation sites is 1. The van der Waals surface area contributed by atoms with E-state index in [1.807, 2.05) is 80.6 Å². The summed E-state index contributed by atoms with van der Waals surface area (Å²) in [6.45, 7) is 4.35. The highest BCUT2D eigenvalue weighted by Gasteiger charge is 2.35. The number of carbonyl (C=O) groups excluding carboxylic acids is 2. The molecule has 0 unspecified atom stereocenters. The number of amides is 2. The molecule has 2 heterocycles. The van der Waals surface area contributed by atoms with Gasteiger partial charge >= 0.3 is 0 Å². The number of hydrogen-bond acceptors (Lipinski definition) is 3.